The molecule has 3 heterocycles. The molecule has 21 atom stereocenters. The Labute approximate surface area is 487 Å². The van der Waals surface area contributed by atoms with Gasteiger partial charge in [-0.3, -0.25) is 14.4 Å². The number of ether oxygens (including phenoxy) is 9. The Kier molecular flexibility index (Phi) is 33.4. The van der Waals surface area contributed by atoms with Crippen LogP contribution in [0.2, 0.25) is 0 Å². The number of hydrogen-bond acceptors (Lipinski definition) is 32. The van der Waals surface area contributed by atoms with E-state index in [2.05, 4.69) is 16.0 Å². The summed E-state index contributed by atoms with van der Waals surface area (Å²) in [6, 6.07) is 0. The molecule has 0 radical (unpaired) electrons. The quantitative estimate of drug-likeness (QED) is 0.0156. The number of aliphatic hydroxyl groups excluding tert-OH is 19. The summed E-state index contributed by atoms with van der Waals surface area (Å²) in [4.78, 5) is 37.7. The van der Waals surface area contributed by atoms with Crippen molar-refractivity contribution in [3.8, 4) is 0 Å². The lowest BCUT2D eigenvalue weighted by Crippen LogP contribution is -2.56. The van der Waals surface area contributed by atoms with Gasteiger partial charge in [-0.2, -0.15) is 0 Å². The van der Waals surface area contributed by atoms with Crippen LogP contribution >= 0.6 is 0 Å². The van der Waals surface area contributed by atoms with Crippen molar-refractivity contribution in [3.05, 3.63) is 34.4 Å². The number of nitrogens with two attached hydrogens (primary N) is 1. The molecule has 0 spiro atoms. The number of unbranched alkanes of at least 4 members (excludes halogenated alkanes) is 2. The van der Waals surface area contributed by atoms with E-state index in [4.69, 9.17) is 48.4 Å². The van der Waals surface area contributed by atoms with Crippen molar-refractivity contribution in [2.24, 2.45) is 5.73 Å². The normalized spacial score (nSPS) is 29.7. The minimum atomic E-state index is -2.59. The number of carbonyl (C=O) groups is 3. The van der Waals surface area contributed by atoms with Crippen LogP contribution in [0.1, 0.15) is 78.6 Å². The molecular weight excluding hydrogens is 1150 g/mol. The lowest BCUT2D eigenvalue weighted by Gasteiger charge is -2.42. The molecule has 0 aliphatic carbocycles. The van der Waals surface area contributed by atoms with Crippen LogP contribution in [-0.2, 0) is 57.0 Å². The Morgan fingerprint density at radius 1 is 0.471 bits per heavy atom. The topological polar surface area (TPSA) is 581 Å². The monoisotopic (exact) mass is 1240 g/mol. The van der Waals surface area contributed by atoms with E-state index in [1.807, 2.05) is 0 Å². The third kappa shape index (κ3) is 22.8. The fourth-order valence-corrected chi connectivity index (χ4v) is 8.95. The van der Waals surface area contributed by atoms with Gasteiger partial charge in [-0.1, -0.05) is 0 Å². The van der Waals surface area contributed by atoms with E-state index in [0.717, 1.165) is 20.8 Å². The van der Waals surface area contributed by atoms with Crippen LogP contribution in [0.4, 0.5) is 0 Å². The second-order valence-corrected chi connectivity index (χ2v) is 20.1. The Morgan fingerprint density at radius 3 is 1.11 bits per heavy atom. The number of rotatable bonds is 37. The Balaban J connectivity index is 2.05. The summed E-state index contributed by atoms with van der Waals surface area (Å²) in [5, 5.41) is 211. The largest absolute Gasteiger partial charge is 0.462 e. The average molecular weight is 1240 g/mol. The third-order valence-electron chi connectivity index (χ3n) is 13.1. The van der Waals surface area contributed by atoms with Gasteiger partial charge in [0.15, 0.2) is 36.1 Å². The number of nitrogens with one attached hydrogen (secondary N) is 3. The molecule has 24 N–H and O–H groups in total. The molecule has 3 rings (SSSR count). The molecule has 3 amide bonds. The highest BCUT2D eigenvalue weighted by molar-refractivity contribution is 5.76. The summed E-state index contributed by atoms with van der Waals surface area (Å²) in [5.74, 6) is -5.27. The molecular formula is C50H88N4O31. The van der Waals surface area contributed by atoms with Crippen LogP contribution in [-0.4, -0.2) is 297 Å². The number of amides is 3. The fraction of sp³-hybridized carbons (Fsp3) is 0.820. The van der Waals surface area contributed by atoms with Gasteiger partial charge in [0.2, 0.25) is 36.6 Å². The van der Waals surface area contributed by atoms with Gasteiger partial charge in [0.05, 0.1) is 44.7 Å². The third-order valence-corrected chi connectivity index (χ3v) is 13.1. The maximum atomic E-state index is 12.8. The van der Waals surface area contributed by atoms with E-state index in [0.29, 0.717) is 25.8 Å². The zero-order chi connectivity index (χ0) is 63.8. The summed E-state index contributed by atoms with van der Waals surface area (Å²) >= 11 is 0. The number of aliphatic hydroxyl groups is 19. The first-order valence-electron chi connectivity index (χ1n) is 27.4. The molecule has 3 saturated heterocycles. The van der Waals surface area contributed by atoms with Crippen LogP contribution in [0, 0.1) is 0 Å². The Hall–Kier alpha value is -4.01. The minimum absolute atomic E-state index is 0.0774. The van der Waals surface area contributed by atoms with E-state index < -0.39 is 260 Å². The summed E-state index contributed by atoms with van der Waals surface area (Å²) in [7, 11) is 0. The maximum absolute atomic E-state index is 12.8. The van der Waals surface area contributed by atoms with E-state index >= 15 is 0 Å². The molecule has 85 heavy (non-hydrogen) atoms. The van der Waals surface area contributed by atoms with Gasteiger partial charge >= 0.3 is 0 Å². The fourth-order valence-electron chi connectivity index (χ4n) is 8.95. The maximum Gasteiger partial charge on any atom is 0.226 e. The van der Waals surface area contributed by atoms with Crippen molar-refractivity contribution >= 4 is 17.7 Å². The summed E-state index contributed by atoms with van der Waals surface area (Å²) in [5.41, 5.74) is 3.16. The summed E-state index contributed by atoms with van der Waals surface area (Å²) < 4.78 is 51.3. The molecule has 0 aromatic carbocycles. The molecule has 3 fully saturated rings. The van der Waals surface area contributed by atoms with Gasteiger partial charge in [-0.25, -0.2) is 0 Å². The second kappa shape index (κ2) is 37.7. The second-order valence-electron chi connectivity index (χ2n) is 20.1. The van der Waals surface area contributed by atoms with Gasteiger partial charge in [-0.15, -0.1) is 0 Å². The van der Waals surface area contributed by atoms with Crippen molar-refractivity contribution in [2.75, 3.05) is 52.8 Å². The van der Waals surface area contributed by atoms with E-state index in [-0.39, 0.29) is 6.61 Å². The van der Waals surface area contributed by atoms with Crippen molar-refractivity contribution in [1.29, 1.82) is 0 Å². The molecule has 35 nitrogen and oxygen atoms in total. The Bertz CT molecular complexity index is 2110. The molecule has 3 aliphatic heterocycles. The Morgan fingerprint density at radius 2 is 0.800 bits per heavy atom. The first kappa shape index (κ1) is 75.2. The number of carbonyl (C=O) groups excluding carboxylic acids is 3. The lowest BCUT2D eigenvalue weighted by atomic mass is 9.98. The number of hydrogen-bond donors (Lipinski definition) is 23. The molecule has 494 valence electrons. The zero-order valence-electron chi connectivity index (χ0n) is 47.1. The molecule has 9 unspecified atom stereocenters. The SMILES string of the molecule is CC(=O)N/C(=C(\O[C@@H]1O[C@@H]([C@@H](CO)OC(O)/C(NC(C)=O)=C(/O[C@@H]2O[C@@H]([C@@H](CO)OC(O)/C(NC(C)=O)=C(\O[C@@H]3O[C@@H]([C@H](O)CO)C(O)C[C@@H]3O)C(O)CCO)C(O)C[C@@H]2O)C(O)CCO)C(O)C[C@@H]1O)C(O)CCO)C(O)OCCCCCN. The van der Waals surface area contributed by atoms with Crippen molar-refractivity contribution in [1.82, 2.24) is 16.0 Å². The van der Waals surface area contributed by atoms with Crippen LogP contribution in [0.25, 0.3) is 0 Å². The van der Waals surface area contributed by atoms with Crippen molar-refractivity contribution in [3.63, 3.8) is 0 Å². The van der Waals surface area contributed by atoms with E-state index in [9.17, 15) is 111 Å². The molecule has 0 bridgehead atoms. The highest BCUT2D eigenvalue weighted by atomic mass is 16.7. The van der Waals surface area contributed by atoms with Crippen LogP contribution in [0.15, 0.2) is 34.4 Å². The molecule has 3 aliphatic rings. The highest BCUT2D eigenvalue weighted by Crippen LogP contribution is 2.34. The summed E-state index contributed by atoms with van der Waals surface area (Å²) in [6.45, 7) is -2.38. The standard InChI is InChI=1S/C50H88N4O31/c1-21(61)52-36(45(74)77-14-6-4-5-10-51)42(24(64)7-11-55)83-49-31(71)16-28(68)40(81-49)34(19-59)79-47(76)38(54-23(3)63)44(26(66)9-13-57)85-50-32(72)17-29(69)41(82-50)35(20-60)78-46(75)37(53-22(2)62)43(25(65)8-12-56)84-48-30(70)15-27(67)39(80-48)33(73)18-58/h24-35,39-41,45-50,55-60,64-76H,4-20,51H2,1-3H3,(H,52,61)(H,53,62)(H,54,63)/b42-36-,43-37+,44-38-/t24?,25?,26?,27?,28?,29?,30-,31-,32-,33+,34+,35+,39+,40+,41+,45?,46?,47?,48-,49-,50-/m0/s1. The van der Waals surface area contributed by atoms with Crippen molar-refractivity contribution in [2.45, 2.75) is 208 Å². The van der Waals surface area contributed by atoms with Gasteiger partial charge in [-0.05, 0) is 25.8 Å². The van der Waals surface area contributed by atoms with Gasteiger partial charge in [0, 0.05) is 79.1 Å². The first-order valence-corrected chi connectivity index (χ1v) is 27.4. The lowest BCUT2D eigenvalue weighted by molar-refractivity contribution is -0.294. The molecule has 0 aromatic heterocycles. The van der Waals surface area contributed by atoms with Gasteiger partial charge in [0.1, 0.15) is 90.3 Å². The average Bonchev–Trinajstić information content (AvgIpc) is 3.53. The van der Waals surface area contributed by atoms with Crippen LogP contribution < -0.4 is 21.7 Å². The smallest absolute Gasteiger partial charge is 0.226 e. The molecule has 0 saturated carbocycles. The molecule has 0 aromatic rings. The van der Waals surface area contributed by atoms with Crippen molar-refractivity contribution < 1.29 is 154 Å². The van der Waals surface area contributed by atoms with E-state index in [1.54, 1.807) is 0 Å². The van der Waals surface area contributed by atoms with E-state index in [1.165, 1.54) is 0 Å². The van der Waals surface area contributed by atoms with Gasteiger partial charge in [0.25, 0.3) is 0 Å². The predicted molar refractivity (Wildman–Crippen MR) is 279 cm³/mol. The highest BCUT2D eigenvalue weighted by Gasteiger charge is 2.48. The van der Waals surface area contributed by atoms with Gasteiger partial charge < -0.3 is 161 Å². The zero-order valence-corrected chi connectivity index (χ0v) is 47.1. The van der Waals surface area contributed by atoms with Crippen LogP contribution in [0.3, 0.4) is 0 Å². The minimum Gasteiger partial charge on any atom is -0.462 e. The van der Waals surface area contributed by atoms with Crippen LogP contribution in [0.5, 0.6) is 0 Å². The first-order chi connectivity index (χ1) is 40.2. The summed E-state index contributed by atoms with van der Waals surface area (Å²) in [6.07, 6.45) is -42.7. The molecule has 35 heteroatoms. The predicted octanol–water partition coefficient (Wildman–Crippen LogP) is -9.97.